The predicted molar refractivity (Wildman–Crippen MR) is 92.7 cm³/mol. The Bertz CT molecular complexity index is 680. The number of methoxy groups -OCH3 is 1. The Morgan fingerprint density at radius 2 is 1.96 bits per heavy atom. The molecule has 0 bridgehead atoms. The molecule has 0 saturated carbocycles. The van der Waals surface area contributed by atoms with Crippen molar-refractivity contribution in [3.63, 3.8) is 0 Å². The van der Waals surface area contributed by atoms with Crippen LogP contribution in [-0.4, -0.2) is 29.0 Å². The zero-order valence-electron chi connectivity index (χ0n) is 14.5. The van der Waals surface area contributed by atoms with Gasteiger partial charge in [-0.1, -0.05) is 56.8 Å². The van der Waals surface area contributed by atoms with Gasteiger partial charge in [-0.15, -0.1) is 10.2 Å². The Balaban J connectivity index is 1.83. The van der Waals surface area contributed by atoms with Crippen LogP contribution in [0.25, 0.3) is 0 Å². The van der Waals surface area contributed by atoms with E-state index in [2.05, 4.69) is 15.5 Å². The minimum Gasteiger partial charge on any atom is -0.415 e. The number of nitrogens with one attached hydrogen (secondary N) is 1. The maximum absolute atomic E-state index is 12.0. The lowest BCUT2D eigenvalue weighted by Crippen LogP contribution is -2.25. The number of amides is 1. The number of thioether (sulfide) groups is 1. The quantitative estimate of drug-likeness (QED) is 0.775. The monoisotopic (exact) mass is 349 g/mol. The largest absolute Gasteiger partial charge is 0.415 e. The molecule has 0 saturated heterocycles. The van der Waals surface area contributed by atoms with Gasteiger partial charge in [0.15, 0.2) is 0 Å². The number of ether oxygens (including phenoxy) is 1. The Kier molecular flexibility index (Phi) is 6.39. The highest BCUT2D eigenvalue weighted by molar-refractivity contribution is 7.99. The molecule has 0 spiro atoms. The van der Waals surface area contributed by atoms with E-state index < -0.39 is 0 Å². The van der Waals surface area contributed by atoms with E-state index in [0.717, 1.165) is 11.1 Å². The van der Waals surface area contributed by atoms with Gasteiger partial charge in [0.1, 0.15) is 0 Å². The molecule has 0 aliphatic carbocycles. The van der Waals surface area contributed by atoms with Crippen molar-refractivity contribution < 1.29 is 13.9 Å². The maximum Gasteiger partial charge on any atom is 0.277 e. The Morgan fingerprint density at radius 3 is 2.58 bits per heavy atom. The van der Waals surface area contributed by atoms with Crippen molar-refractivity contribution in [2.75, 3.05) is 12.9 Å². The molecule has 2 aromatic rings. The van der Waals surface area contributed by atoms with E-state index in [-0.39, 0.29) is 17.1 Å². The van der Waals surface area contributed by atoms with Gasteiger partial charge in [-0.2, -0.15) is 0 Å². The predicted octanol–water partition coefficient (Wildman–Crippen LogP) is 2.92. The molecule has 1 N–H and O–H groups in total. The number of carbonyl (C=O) groups excluding carboxylic acids is 1. The summed E-state index contributed by atoms with van der Waals surface area (Å²) >= 11 is 1.24. The van der Waals surface area contributed by atoms with Gasteiger partial charge in [-0.25, -0.2) is 0 Å². The molecule has 6 nitrogen and oxygen atoms in total. The molecule has 130 valence electrons. The molecular weight excluding hydrogens is 326 g/mol. The summed E-state index contributed by atoms with van der Waals surface area (Å²) in [6, 6.07) is 7.88. The van der Waals surface area contributed by atoms with Gasteiger partial charge in [-0.05, 0) is 11.1 Å². The van der Waals surface area contributed by atoms with Crippen LogP contribution in [0.5, 0.6) is 0 Å². The van der Waals surface area contributed by atoms with Crippen molar-refractivity contribution in [2.24, 2.45) is 0 Å². The first-order chi connectivity index (χ1) is 11.4. The van der Waals surface area contributed by atoms with Gasteiger partial charge in [0.25, 0.3) is 5.22 Å². The van der Waals surface area contributed by atoms with E-state index in [0.29, 0.717) is 24.3 Å². The summed E-state index contributed by atoms with van der Waals surface area (Å²) in [7, 11) is 1.66. The third-order valence-corrected chi connectivity index (χ3v) is 4.09. The Morgan fingerprint density at radius 1 is 1.25 bits per heavy atom. The number of hydrogen-bond donors (Lipinski definition) is 1. The van der Waals surface area contributed by atoms with E-state index >= 15 is 0 Å². The lowest BCUT2D eigenvalue weighted by Gasteiger charge is -2.11. The number of hydrogen-bond acceptors (Lipinski definition) is 6. The van der Waals surface area contributed by atoms with Crippen LogP contribution in [0.1, 0.15) is 37.8 Å². The van der Waals surface area contributed by atoms with Crippen molar-refractivity contribution >= 4 is 17.7 Å². The van der Waals surface area contributed by atoms with Gasteiger partial charge in [0, 0.05) is 19.1 Å². The first kappa shape index (κ1) is 18.5. The molecule has 2 rings (SSSR count). The van der Waals surface area contributed by atoms with Crippen LogP contribution in [0.2, 0.25) is 0 Å². The van der Waals surface area contributed by atoms with Crippen LogP contribution in [0.4, 0.5) is 0 Å². The molecule has 1 amide bonds. The lowest BCUT2D eigenvalue weighted by molar-refractivity contribution is -0.118. The topological polar surface area (TPSA) is 77.2 Å². The fourth-order valence-electron chi connectivity index (χ4n) is 1.97. The first-order valence-electron chi connectivity index (χ1n) is 7.69. The molecule has 0 radical (unpaired) electrons. The first-order valence-corrected chi connectivity index (χ1v) is 8.68. The van der Waals surface area contributed by atoms with Crippen molar-refractivity contribution in [3.05, 3.63) is 41.3 Å². The number of benzene rings is 1. The summed E-state index contributed by atoms with van der Waals surface area (Å²) in [6.07, 6.45) is 0. The van der Waals surface area contributed by atoms with E-state index in [1.807, 2.05) is 45.0 Å². The zero-order chi connectivity index (χ0) is 17.6. The third kappa shape index (κ3) is 5.35. The smallest absolute Gasteiger partial charge is 0.277 e. The van der Waals surface area contributed by atoms with Crippen LogP contribution in [0.15, 0.2) is 33.9 Å². The summed E-state index contributed by atoms with van der Waals surface area (Å²) in [5.74, 6) is 0.722. The standard InChI is InChI=1S/C17H23N3O3S/c1-17(2,3)15-19-20-16(23-15)24-11-14(21)18-9-12-7-5-6-8-13(12)10-22-4/h5-8H,9-11H2,1-4H3,(H,18,21). The van der Waals surface area contributed by atoms with Crippen LogP contribution in [-0.2, 0) is 28.1 Å². The molecule has 1 aromatic carbocycles. The van der Waals surface area contributed by atoms with Crippen LogP contribution < -0.4 is 5.32 Å². The summed E-state index contributed by atoms with van der Waals surface area (Å²) in [6.45, 7) is 6.99. The normalized spacial score (nSPS) is 11.5. The molecule has 24 heavy (non-hydrogen) atoms. The molecule has 0 fully saturated rings. The average molecular weight is 349 g/mol. The van der Waals surface area contributed by atoms with Crippen LogP contribution >= 0.6 is 11.8 Å². The maximum atomic E-state index is 12.0. The fraction of sp³-hybridized carbons (Fsp3) is 0.471. The molecule has 0 aliphatic rings. The Labute approximate surface area is 146 Å². The van der Waals surface area contributed by atoms with Gasteiger partial charge < -0.3 is 14.5 Å². The highest BCUT2D eigenvalue weighted by Crippen LogP contribution is 2.24. The van der Waals surface area contributed by atoms with Crippen molar-refractivity contribution in [1.29, 1.82) is 0 Å². The molecule has 7 heteroatoms. The lowest BCUT2D eigenvalue weighted by atomic mass is 9.97. The zero-order valence-corrected chi connectivity index (χ0v) is 15.3. The summed E-state index contributed by atoms with van der Waals surface area (Å²) in [4.78, 5) is 12.0. The minimum atomic E-state index is -0.195. The Hall–Kier alpha value is -1.86. The van der Waals surface area contributed by atoms with Crippen molar-refractivity contribution in [1.82, 2.24) is 15.5 Å². The third-order valence-electron chi connectivity index (χ3n) is 3.27. The molecular formula is C17H23N3O3S. The van der Waals surface area contributed by atoms with Gasteiger partial charge in [-0.3, -0.25) is 4.79 Å². The highest BCUT2D eigenvalue weighted by Gasteiger charge is 2.21. The van der Waals surface area contributed by atoms with Crippen LogP contribution in [0.3, 0.4) is 0 Å². The summed E-state index contributed by atoms with van der Waals surface area (Å²) in [5, 5.41) is 11.3. The minimum absolute atomic E-state index is 0.0808. The van der Waals surface area contributed by atoms with Crippen molar-refractivity contribution in [3.8, 4) is 0 Å². The second kappa shape index (κ2) is 8.30. The second-order valence-electron chi connectivity index (χ2n) is 6.39. The average Bonchev–Trinajstić information content (AvgIpc) is 3.01. The molecule has 0 aliphatic heterocycles. The van der Waals surface area contributed by atoms with Gasteiger partial charge in [0.05, 0.1) is 12.4 Å². The fourth-order valence-corrected chi connectivity index (χ4v) is 2.56. The van der Waals surface area contributed by atoms with Crippen LogP contribution in [0, 0.1) is 0 Å². The number of aromatic nitrogens is 2. The molecule has 1 aromatic heterocycles. The number of carbonyl (C=O) groups is 1. The van der Waals surface area contributed by atoms with E-state index in [1.165, 1.54) is 11.8 Å². The highest BCUT2D eigenvalue weighted by atomic mass is 32.2. The van der Waals surface area contributed by atoms with Gasteiger partial charge in [0.2, 0.25) is 11.8 Å². The van der Waals surface area contributed by atoms with E-state index in [9.17, 15) is 4.79 Å². The molecule has 1 heterocycles. The SMILES string of the molecule is COCc1ccccc1CNC(=O)CSc1nnc(C(C)(C)C)o1. The molecule has 0 unspecified atom stereocenters. The number of nitrogens with zero attached hydrogens (tertiary/aromatic N) is 2. The van der Waals surface area contributed by atoms with Gasteiger partial charge >= 0.3 is 0 Å². The van der Waals surface area contributed by atoms with E-state index in [1.54, 1.807) is 7.11 Å². The van der Waals surface area contributed by atoms with E-state index in [4.69, 9.17) is 9.15 Å². The summed E-state index contributed by atoms with van der Waals surface area (Å²) in [5.41, 5.74) is 1.92. The second-order valence-corrected chi connectivity index (χ2v) is 7.32. The number of rotatable bonds is 7. The summed E-state index contributed by atoms with van der Waals surface area (Å²) < 4.78 is 10.7. The van der Waals surface area contributed by atoms with Crippen molar-refractivity contribution in [2.45, 2.75) is 44.6 Å². The molecule has 0 atom stereocenters.